The highest BCUT2D eigenvalue weighted by Crippen LogP contribution is 1.95. The van der Waals surface area contributed by atoms with Crippen molar-refractivity contribution in [1.29, 1.82) is 0 Å². The minimum atomic E-state index is -0.384. The van der Waals surface area contributed by atoms with E-state index in [1.54, 1.807) is 24.1 Å². The summed E-state index contributed by atoms with van der Waals surface area (Å²) < 4.78 is 0. The lowest BCUT2D eigenvalue weighted by Crippen LogP contribution is -2.30. The van der Waals surface area contributed by atoms with Gasteiger partial charge in [0.05, 0.1) is 6.54 Å². The average Bonchev–Trinajstić information content (AvgIpc) is 2.01. The predicted octanol–water partition coefficient (Wildman–Crippen LogP) is -0.708. The second-order valence-corrected chi connectivity index (χ2v) is 3.18. The minimum Gasteiger partial charge on any atom is -0.369 e. The van der Waals surface area contributed by atoms with Crippen LogP contribution in [0.5, 0.6) is 0 Å². The summed E-state index contributed by atoms with van der Waals surface area (Å²) in [5.41, 5.74) is 5.65. The third kappa shape index (κ3) is 3.40. The van der Waals surface area contributed by atoms with Gasteiger partial charge in [0.15, 0.2) is 0 Å². The topological polar surface area (TPSA) is 79.2 Å². The van der Waals surface area contributed by atoms with Crippen LogP contribution in [0.3, 0.4) is 0 Å². The molecule has 1 aromatic heterocycles. The Morgan fingerprint density at radius 2 is 2.29 bits per heavy atom. The van der Waals surface area contributed by atoms with Gasteiger partial charge in [-0.05, 0) is 13.1 Å². The molecule has 0 unspecified atom stereocenters. The number of hydrogen-bond donors (Lipinski definition) is 2. The van der Waals surface area contributed by atoms with Crippen molar-refractivity contribution >= 4 is 5.91 Å². The third-order valence-electron chi connectivity index (χ3n) is 1.69. The molecule has 0 aromatic carbocycles. The normalized spacial score (nSPS) is 10.4. The summed E-state index contributed by atoms with van der Waals surface area (Å²) in [5, 5.41) is 0. The number of pyridine rings is 1. The van der Waals surface area contributed by atoms with Gasteiger partial charge in [0.25, 0.3) is 0 Å². The number of carbonyl (C=O) groups is 1. The van der Waals surface area contributed by atoms with E-state index in [1.165, 1.54) is 6.07 Å². The summed E-state index contributed by atoms with van der Waals surface area (Å²) in [5.74, 6) is -0.384. The molecule has 0 bridgehead atoms. The van der Waals surface area contributed by atoms with E-state index in [1.807, 2.05) is 0 Å². The smallest absolute Gasteiger partial charge is 0.248 e. The summed E-state index contributed by atoms with van der Waals surface area (Å²) in [7, 11) is 1.76. The third-order valence-corrected chi connectivity index (χ3v) is 1.69. The molecule has 14 heavy (non-hydrogen) atoms. The Balaban J connectivity index is 2.60. The first kappa shape index (κ1) is 10.5. The van der Waals surface area contributed by atoms with Gasteiger partial charge in [-0.2, -0.15) is 0 Å². The van der Waals surface area contributed by atoms with Crippen molar-refractivity contribution in [2.45, 2.75) is 6.54 Å². The highest BCUT2D eigenvalue weighted by molar-refractivity contribution is 5.75. The van der Waals surface area contributed by atoms with E-state index in [9.17, 15) is 9.59 Å². The molecule has 1 rings (SSSR count). The molecule has 0 radical (unpaired) electrons. The molecular weight excluding hydrogens is 182 g/mol. The van der Waals surface area contributed by atoms with Crippen LogP contribution in [0.25, 0.3) is 0 Å². The van der Waals surface area contributed by atoms with Crippen LogP contribution in [0.4, 0.5) is 0 Å². The molecule has 5 nitrogen and oxygen atoms in total. The fourth-order valence-electron chi connectivity index (χ4n) is 1.20. The van der Waals surface area contributed by atoms with Crippen LogP contribution < -0.4 is 11.3 Å². The Labute approximate surface area is 81.5 Å². The Morgan fingerprint density at radius 1 is 1.57 bits per heavy atom. The van der Waals surface area contributed by atoms with E-state index in [0.29, 0.717) is 6.54 Å². The maximum absolute atomic E-state index is 10.9. The van der Waals surface area contributed by atoms with Gasteiger partial charge >= 0.3 is 0 Å². The van der Waals surface area contributed by atoms with Gasteiger partial charge < -0.3 is 10.7 Å². The standard InChI is InChI=1S/C9H13N3O2/c1-12(6-8(10)13)5-7-3-2-4-9(14)11-7/h2-4H,5-6H2,1H3,(H2,10,13)(H,11,14). The highest BCUT2D eigenvalue weighted by Gasteiger charge is 2.03. The summed E-state index contributed by atoms with van der Waals surface area (Å²) in [6.45, 7) is 0.677. The van der Waals surface area contributed by atoms with Crippen molar-refractivity contribution in [2.75, 3.05) is 13.6 Å². The van der Waals surface area contributed by atoms with Crippen LogP contribution in [-0.4, -0.2) is 29.4 Å². The molecule has 0 spiro atoms. The van der Waals surface area contributed by atoms with Gasteiger partial charge in [-0.25, -0.2) is 0 Å². The van der Waals surface area contributed by atoms with E-state index < -0.39 is 0 Å². The Kier molecular flexibility index (Phi) is 3.41. The molecule has 0 saturated heterocycles. The van der Waals surface area contributed by atoms with E-state index in [4.69, 9.17) is 5.73 Å². The summed E-state index contributed by atoms with van der Waals surface area (Å²) in [6, 6.07) is 4.91. The van der Waals surface area contributed by atoms with Crippen molar-refractivity contribution in [3.8, 4) is 0 Å². The monoisotopic (exact) mass is 195 g/mol. The molecule has 1 amide bonds. The van der Waals surface area contributed by atoms with Crippen LogP contribution >= 0.6 is 0 Å². The highest BCUT2D eigenvalue weighted by atomic mass is 16.1. The number of nitrogens with two attached hydrogens (primary N) is 1. The molecule has 0 saturated carbocycles. The van der Waals surface area contributed by atoms with Crippen molar-refractivity contribution in [3.05, 3.63) is 34.2 Å². The molecular formula is C9H13N3O2. The minimum absolute atomic E-state index is 0.144. The molecule has 1 aromatic rings. The molecule has 1 heterocycles. The first-order valence-electron chi connectivity index (χ1n) is 4.23. The maximum atomic E-state index is 10.9. The number of amides is 1. The van der Waals surface area contributed by atoms with Gasteiger partial charge in [0.1, 0.15) is 0 Å². The van der Waals surface area contributed by atoms with E-state index in [-0.39, 0.29) is 18.0 Å². The van der Waals surface area contributed by atoms with Crippen LogP contribution in [-0.2, 0) is 11.3 Å². The van der Waals surface area contributed by atoms with E-state index in [2.05, 4.69) is 4.98 Å². The summed E-state index contributed by atoms with van der Waals surface area (Å²) in [6.07, 6.45) is 0. The second-order valence-electron chi connectivity index (χ2n) is 3.18. The number of aromatic amines is 1. The lowest BCUT2D eigenvalue weighted by Gasteiger charge is -2.13. The van der Waals surface area contributed by atoms with E-state index >= 15 is 0 Å². The van der Waals surface area contributed by atoms with Gasteiger partial charge in [-0.1, -0.05) is 6.07 Å². The van der Waals surface area contributed by atoms with Crippen molar-refractivity contribution in [1.82, 2.24) is 9.88 Å². The summed E-state index contributed by atoms with van der Waals surface area (Å²) in [4.78, 5) is 25.9. The molecule has 5 heteroatoms. The van der Waals surface area contributed by atoms with Crippen LogP contribution in [0.2, 0.25) is 0 Å². The largest absolute Gasteiger partial charge is 0.369 e. The van der Waals surface area contributed by atoms with Crippen molar-refractivity contribution in [3.63, 3.8) is 0 Å². The van der Waals surface area contributed by atoms with Gasteiger partial charge in [0.2, 0.25) is 11.5 Å². The Morgan fingerprint density at radius 3 is 2.86 bits per heavy atom. The SMILES string of the molecule is CN(CC(N)=O)Cc1cccc(=O)[nH]1. The number of nitrogens with one attached hydrogen (secondary N) is 1. The van der Waals surface area contributed by atoms with Crippen LogP contribution in [0.1, 0.15) is 5.69 Å². The van der Waals surface area contributed by atoms with Gasteiger partial charge in [-0.15, -0.1) is 0 Å². The molecule has 0 aliphatic carbocycles. The number of carbonyl (C=O) groups excluding carboxylic acids is 1. The van der Waals surface area contributed by atoms with Crippen molar-refractivity contribution < 1.29 is 4.79 Å². The first-order chi connectivity index (χ1) is 6.58. The fraction of sp³-hybridized carbons (Fsp3) is 0.333. The number of likely N-dealkylation sites (N-methyl/N-ethyl adjacent to an activating group) is 1. The zero-order valence-corrected chi connectivity index (χ0v) is 7.99. The molecule has 76 valence electrons. The Bertz CT molecular complexity index is 372. The fourth-order valence-corrected chi connectivity index (χ4v) is 1.20. The lowest BCUT2D eigenvalue weighted by molar-refractivity contribution is -0.118. The number of hydrogen-bond acceptors (Lipinski definition) is 3. The Hall–Kier alpha value is -1.62. The molecule has 0 aliphatic heterocycles. The first-order valence-corrected chi connectivity index (χ1v) is 4.23. The molecule has 0 atom stereocenters. The number of primary amides is 1. The number of rotatable bonds is 4. The number of aromatic nitrogens is 1. The summed E-state index contributed by atoms with van der Waals surface area (Å²) >= 11 is 0. The van der Waals surface area contributed by atoms with Gasteiger partial charge in [-0.3, -0.25) is 14.5 Å². The second kappa shape index (κ2) is 4.57. The lowest BCUT2D eigenvalue weighted by atomic mass is 10.3. The zero-order chi connectivity index (χ0) is 10.6. The zero-order valence-electron chi connectivity index (χ0n) is 7.99. The van der Waals surface area contributed by atoms with Crippen LogP contribution in [0.15, 0.2) is 23.0 Å². The molecule has 0 aliphatic rings. The number of H-pyrrole nitrogens is 1. The molecule has 3 N–H and O–H groups in total. The average molecular weight is 195 g/mol. The molecule has 0 fully saturated rings. The maximum Gasteiger partial charge on any atom is 0.248 e. The van der Waals surface area contributed by atoms with Crippen LogP contribution in [0, 0.1) is 0 Å². The van der Waals surface area contributed by atoms with Gasteiger partial charge in [0, 0.05) is 18.3 Å². The van der Waals surface area contributed by atoms with E-state index in [0.717, 1.165) is 5.69 Å². The van der Waals surface area contributed by atoms with Crippen molar-refractivity contribution in [2.24, 2.45) is 5.73 Å². The number of nitrogens with zero attached hydrogens (tertiary/aromatic N) is 1. The predicted molar refractivity (Wildman–Crippen MR) is 52.6 cm³/mol. The quantitative estimate of drug-likeness (QED) is 0.666.